The third kappa shape index (κ3) is 4.34. The fourth-order valence-corrected chi connectivity index (χ4v) is 6.31. The molecule has 2 N–H and O–H groups in total. The average molecular weight is 465 g/mol. The number of aromatic nitrogens is 1. The van der Waals surface area contributed by atoms with Crippen LogP contribution in [0.4, 0.5) is 5.13 Å². The highest BCUT2D eigenvalue weighted by atomic mass is 32.2. The molecule has 164 valence electrons. The van der Waals surface area contributed by atoms with Gasteiger partial charge in [-0.05, 0) is 25.1 Å². The highest BCUT2D eigenvalue weighted by Gasteiger charge is 2.53. The van der Waals surface area contributed by atoms with Crippen LogP contribution in [0.3, 0.4) is 0 Å². The summed E-state index contributed by atoms with van der Waals surface area (Å²) in [6, 6.07) is 4.64. The maximum Gasteiger partial charge on any atom is 0.318 e. The predicted molar refractivity (Wildman–Crippen MR) is 117 cm³/mol. The number of esters is 2. The van der Waals surface area contributed by atoms with Crippen molar-refractivity contribution in [3.05, 3.63) is 34.3 Å². The van der Waals surface area contributed by atoms with E-state index in [1.54, 1.807) is 13.0 Å². The van der Waals surface area contributed by atoms with Crippen LogP contribution < -0.4 is 19.7 Å². The number of primary amides is 1. The Hall–Kier alpha value is -2.76. The number of nitrogens with two attached hydrogens (primary N) is 1. The molecule has 2 aromatic rings. The smallest absolute Gasteiger partial charge is 0.318 e. The quantitative estimate of drug-likeness (QED) is 0.407. The third-order valence-electron chi connectivity index (χ3n) is 4.80. The second-order valence-corrected chi connectivity index (χ2v) is 9.36. The van der Waals surface area contributed by atoms with Gasteiger partial charge in [0, 0.05) is 24.5 Å². The second kappa shape index (κ2) is 8.77. The van der Waals surface area contributed by atoms with Gasteiger partial charge in [-0.3, -0.25) is 14.4 Å². The first-order chi connectivity index (χ1) is 14.6. The van der Waals surface area contributed by atoms with Gasteiger partial charge in [0.25, 0.3) is 11.0 Å². The van der Waals surface area contributed by atoms with Crippen molar-refractivity contribution in [2.75, 3.05) is 12.3 Å². The lowest BCUT2D eigenvalue weighted by Gasteiger charge is -2.33. The van der Waals surface area contributed by atoms with Crippen molar-refractivity contribution in [1.29, 1.82) is 0 Å². The molecule has 1 aliphatic heterocycles. The zero-order chi connectivity index (χ0) is 22.9. The zero-order valence-corrected chi connectivity index (χ0v) is 19.1. The van der Waals surface area contributed by atoms with E-state index in [0.29, 0.717) is 27.9 Å². The van der Waals surface area contributed by atoms with E-state index in [0.717, 1.165) is 0 Å². The summed E-state index contributed by atoms with van der Waals surface area (Å²) in [6.07, 6.45) is 0. The van der Waals surface area contributed by atoms with E-state index in [4.69, 9.17) is 15.2 Å². The average Bonchev–Trinajstić information content (AvgIpc) is 3.26. The van der Waals surface area contributed by atoms with Gasteiger partial charge in [0.15, 0.2) is 5.37 Å². The molecule has 0 bridgehead atoms. The number of rotatable bonds is 5. The predicted octanol–water partition coefficient (Wildman–Crippen LogP) is 2.70. The Morgan fingerprint density at radius 3 is 2.35 bits per heavy atom. The van der Waals surface area contributed by atoms with Crippen molar-refractivity contribution in [2.24, 2.45) is 5.73 Å². The van der Waals surface area contributed by atoms with Crippen molar-refractivity contribution < 1.29 is 28.7 Å². The Kier molecular flexibility index (Phi) is 6.48. The Morgan fingerprint density at radius 1 is 1.13 bits per heavy atom. The summed E-state index contributed by atoms with van der Waals surface area (Å²) in [5.41, 5.74) is 6.08. The summed E-state index contributed by atoms with van der Waals surface area (Å²) < 4.78 is 10.4. The van der Waals surface area contributed by atoms with Gasteiger partial charge in [-0.2, -0.15) is 9.47 Å². The summed E-state index contributed by atoms with van der Waals surface area (Å²) in [7, 11) is 0. The highest BCUT2D eigenvalue weighted by Crippen LogP contribution is 2.52. The number of thioether (sulfide) groups is 1. The lowest BCUT2D eigenvalue weighted by atomic mass is 10.1. The number of hydrogen-bond donors (Lipinski definition) is 1. The minimum Gasteiger partial charge on any atom is -0.427 e. The topological polar surface area (TPSA) is 126 Å². The Balaban J connectivity index is 2.20. The molecule has 9 nitrogen and oxygen atoms in total. The van der Waals surface area contributed by atoms with E-state index in [1.807, 2.05) is 0 Å². The van der Waals surface area contributed by atoms with Gasteiger partial charge in [-0.1, -0.05) is 23.1 Å². The van der Waals surface area contributed by atoms with E-state index in [1.165, 1.54) is 56.0 Å². The van der Waals surface area contributed by atoms with Gasteiger partial charge < -0.3 is 15.2 Å². The summed E-state index contributed by atoms with van der Waals surface area (Å²) in [4.78, 5) is 53.0. The molecule has 0 saturated carbocycles. The van der Waals surface area contributed by atoms with Crippen LogP contribution in [-0.2, 0) is 14.4 Å². The highest BCUT2D eigenvalue weighted by molar-refractivity contribution is 7.99. The van der Waals surface area contributed by atoms with Crippen LogP contribution in [0.25, 0.3) is 0 Å². The van der Waals surface area contributed by atoms with Crippen LogP contribution >= 0.6 is 23.1 Å². The molecule has 0 radical (unpaired) electrons. The first-order valence-electron chi connectivity index (χ1n) is 9.35. The number of ether oxygens (including phenoxy) is 2. The molecule has 2 heterocycles. The number of aryl methyl sites for hydroxylation is 1. The lowest BCUT2D eigenvalue weighted by Crippen LogP contribution is -2.52. The van der Waals surface area contributed by atoms with Gasteiger partial charge in [-0.15, -0.1) is 0 Å². The van der Waals surface area contributed by atoms with Gasteiger partial charge in [-0.25, -0.2) is 4.79 Å². The van der Waals surface area contributed by atoms with Gasteiger partial charge in [0.05, 0.1) is 12.5 Å². The van der Waals surface area contributed by atoms with Crippen LogP contribution in [0.2, 0.25) is 0 Å². The summed E-state index contributed by atoms with van der Waals surface area (Å²) >= 11 is 2.72. The number of thiazole rings is 1. The van der Waals surface area contributed by atoms with Crippen molar-refractivity contribution in [2.45, 2.75) is 33.1 Å². The first-order valence-corrected chi connectivity index (χ1v) is 11.2. The van der Waals surface area contributed by atoms with Gasteiger partial charge in [0.1, 0.15) is 23.7 Å². The van der Waals surface area contributed by atoms with Crippen molar-refractivity contribution in [3.63, 3.8) is 0 Å². The molecule has 2 atom stereocenters. The van der Waals surface area contributed by atoms with Crippen LogP contribution in [-0.4, -0.2) is 41.0 Å². The SMILES string of the molecule is CC(=O)Oc1ccc(OC(C)=O)c(C2SCC[N+]2(C(C)=O)c2nc(C(N)=O)c(C)s2)c1. The Morgan fingerprint density at radius 2 is 1.81 bits per heavy atom. The van der Waals surface area contributed by atoms with Crippen molar-refractivity contribution in [1.82, 2.24) is 9.47 Å². The summed E-state index contributed by atoms with van der Waals surface area (Å²) in [5.74, 6) is -0.734. The molecule has 2 amide bonds. The maximum absolute atomic E-state index is 13.1. The fraction of sp³-hybridized carbons (Fsp3) is 0.350. The van der Waals surface area contributed by atoms with Crippen molar-refractivity contribution >= 4 is 52.0 Å². The monoisotopic (exact) mass is 464 g/mol. The second-order valence-electron chi connectivity index (χ2n) is 6.99. The maximum atomic E-state index is 13.1. The minimum atomic E-state index is -0.664. The van der Waals surface area contributed by atoms with Crippen molar-refractivity contribution in [3.8, 4) is 11.5 Å². The largest absolute Gasteiger partial charge is 0.427 e. The molecule has 2 unspecified atom stereocenters. The number of hydrogen-bond acceptors (Lipinski definition) is 9. The van der Waals surface area contributed by atoms with E-state index in [2.05, 4.69) is 4.98 Å². The molecule has 1 aromatic carbocycles. The number of quaternary nitrogens is 1. The lowest BCUT2D eigenvalue weighted by molar-refractivity contribution is -0.133. The molecular formula is C20H22N3O6S2+. The zero-order valence-electron chi connectivity index (χ0n) is 17.5. The third-order valence-corrected chi connectivity index (χ3v) is 7.25. The first kappa shape index (κ1) is 22.9. The normalized spacial score (nSPS) is 20.3. The molecule has 0 spiro atoms. The van der Waals surface area contributed by atoms with Crippen LogP contribution in [0, 0.1) is 6.92 Å². The number of carbonyl (C=O) groups excluding carboxylic acids is 4. The Labute approximate surface area is 187 Å². The standard InChI is InChI=1S/C20H21N3O6S2/c1-10-17(18(21)27)22-20(31-10)23(11(2)24)7-8-30-19(23)15-9-14(28-12(3)25)5-6-16(15)29-13(4)26/h5-6,9,19H,7-8H2,1-4H3,(H-,21,27)/p+1. The molecule has 1 saturated heterocycles. The molecular weight excluding hydrogens is 442 g/mol. The minimum absolute atomic E-state index is 0.128. The van der Waals surface area contributed by atoms with E-state index >= 15 is 0 Å². The fourth-order valence-electron chi connectivity index (χ4n) is 3.51. The van der Waals surface area contributed by atoms with E-state index in [-0.39, 0.29) is 27.6 Å². The molecule has 11 heteroatoms. The molecule has 3 rings (SSSR count). The number of carbonyl (C=O) groups is 4. The molecule has 1 fully saturated rings. The van der Waals surface area contributed by atoms with Crippen LogP contribution in [0.15, 0.2) is 18.2 Å². The molecule has 31 heavy (non-hydrogen) atoms. The van der Waals surface area contributed by atoms with E-state index in [9.17, 15) is 19.2 Å². The van der Waals surface area contributed by atoms with Crippen LogP contribution in [0.1, 0.15) is 47.1 Å². The number of amides is 2. The van der Waals surface area contributed by atoms with Gasteiger partial charge in [0.2, 0.25) is 0 Å². The summed E-state index contributed by atoms with van der Waals surface area (Å²) in [6.45, 7) is 6.17. The van der Waals surface area contributed by atoms with Crippen LogP contribution in [0.5, 0.6) is 11.5 Å². The number of nitrogens with zero attached hydrogens (tertiary/aromatic N) is 2. The summed E-state index contributed by atoms with van der Waals surface area (Å²) in [5, 5.41) is -0.103. The molecule has 1 aliphatic rings. The molecule has 1 aromatic heterocycles. The Bertz CT molecular complexity index is 1080. The van der Waals surface area contributed by atoms with E-state index < -0.39 is 23.2 Å². The number of benzene rings is 1. The molecule has 0 aliphatic carbocycles. The van der Waals surface area contributed by atoms with Gasteiger partial charge >= 0.3 is 17.8 Å².